The van der Waals surface area contributed by atoms with Crippen LogP contribution in [0.5, 0.6) is 5.75 Å². The molecule has 22 heavy (non-hydrogen) atoms. The number of amides is 1. The fourth-order valence-electron chi connectivity index (χ4n) is 2.27. The van der Waals surface area contributed by atoms with Crippen molar-refractivity contribution in [2.45, 2.75) is 19.8 Å². The number of anilines is 2. The van der Waals surface area contributed by atoms with Crippen LogP contribution in [0.3, 0.4) is 0 Å². The second-order valence-corrected chi connectivity index (χ2v) is 5.36. The smallest absolute Gasteiger partial charge is 0.227 e. The third-order valence-electron chi connectivity index (χ3n) is 3.72. The van der Waals surface area contributed by atoms with Crippen molar-refractivity contribution >= 4 is 17.3 Å². The van der Waals surface area contributed by atoms with Gasteiger partial charge in [-0.25, -0.2) is 0 Å². The molecule has 0 fully saturated rings. The number of rotatable bonds is 5. The summed E-state index contributed by atoms with van der Waals surface area (Å²) in [6.07, 6.45) is 1.10. The molecule has 2 aromatic rings. The predicted molar refractivity (Wildman–Crippen MR) is 90.3 cm³/mol. The highest BCUT2D eigenvalue weighted by molar-refractivity contribution is 5.92. The van der Waals surface area contributed by atoms with Crippen LogP contribution in [0, 0.1) is 6.92 Å². The van der Waals surface area contributed by atoms with E-state index in [9.17, 15) is 4.79 Å². The summed E-state index contributed by atoms with van der Waals surface area (Å²) in [6, 6.07) is 13.6. The Kier molecular flexibility index (Phi) is 5.04. The monoisotopic (exact) mass is 298 g/mol. The Morgan fingerprint density at radius 3 is 2.45 bits per heavy atom. The fraction of sp³-hybridized carbons (Fsp3) is 0.278. The Bertz CT molecular complexity index is 651. The summed E-state index contributed by atoms with van der Waals surface area (Å²) in [7, 11) is 3.39. The van der Waals surface area contributed by atoms with Gasteiger partial charge in [-0.3, -0.25) is 4.79 Å². The Balaban J connectivity index is 1.97. The number of ether oxygens (including phenoxy) is 1. The Morgan fingerprint density at radius 2 is 1.86 bits per heavy atom. The predicted octanol–water partition coefficient (Wildman–Crippen LogP) is 3.18. The molecule has 0 atom stereocenters. The van der Waals surface area contributed by atoms with Crippen LogP contribution in [0.1, 0.15) is 17.5 Å². The SMILES string of the molecule is COc1ccc(CCC(=O)N(C)c2ccc(C)cc2)cc1N. The number of nitrogen functional groups attached to an aromatic ring is 1. The molecule has 0 aromatic heterocycles. The molecule has 2 N–H and O–H groups in total. The average Bonchev–Trinajstić information content (AvgIpc) is 2.52. The molecule has 4 nitrogen and oxygen atoms in total. The van der Waals surface area contributed by atoms with E-state index in [4.69, 9.17) is 10.5 Å². The molecule has 0 spiro atoms. The maximum absolute atomic E-state index is 12.3. The largest absolute Gasteiger partial charge is 0.495 e. The second-order valence-electron chi connectivity index (χ2n) is 5.36. The zero-order chi connectivity index (χ0) is 16.1. The van der Waals surface area contributed by atoms with Gasteiger partial charge in [-0.1, -0.05) is 23.8 Å². The Morgan fingerprint density at radius 1 is 1.18 bits per heavy atom. The van der Waals surface area contributed by atoms with E-state index in [0.29, 0.717) is 24.3 Å². The van der Waals surface area contributed by atoms with Crippen LogP contribution in [0.2, 0.25) is 0 Å². The normalized spacial score (nSPS) is 10.3. The van der Waals surface area contributed by atoms with E-state index >= 15 is 0 Å². The van der Waals surface area contributed by atoms with Gasteiger partial charge in [-0.2, -0.15) is 0 Å². The molecular weight excluding hydrogens is 276 g/mol. The fourth-order valence-corrected chi connectivity index (χ4v) is 2.27. The lowest BCUT2D eigenvalue weighted by atomic mass is 10.1. The summed E-state index contributed by atoms with van der Waals surface area (Å²) in [6.45, 7) is 2.03. The van der Waals surface area contributed by atoms with Crippen molar-refractivity contribution in [3.8, 4) is 5.75 Å². The van der Waals surface area contributed by atoms with Crippen molar-refractivity contribution in [2.24, 2.45) is 0 Å². The molecule has 0 saturated carbocycles. The first kappa shape index (κ1) is 15.9. The molecule has 0 aliphatic carbocycles. The van der Waals surface area contributed by atoms with Crippen molar-refractivity contribution in [2.75, 3.05) is 24.8 Å². The van der Waals surface area contributed by atoms with Gasteiger partial charge in [0.25, 0.3) is 0 Å². The van der Waals surface area contributed by atoms with E-state index < -0.39 is 0 Å². The van der Waals surface area contributed by atoms with Gasteiger partial charge >= 0.3 is 0 Å². The summed E-state index contributed by atoms with van der Waals surface area (Å²) in [5.74, 6) is 0.741. The first-order chi connectivity index (χ1) is 10.5. The minimum atomic E-state index is 0.0817. The average molecular weight is 298 g/mol. The number of benzene rings is 2. The summed E-state index contributed by atoms with van der Waals surface area (Å²) in [5, 5.41) is 0. The number of hydrogen-bond donors (Lipinski definition) is 1. The molecule has 0 radical (unpaired) electrons. The topological polar surface area (TPSA) is 55.6 Å². The van der Waals surface area contributed by atoms with Gasteiger partial charge in [-0.05, 0) is 43.2 Å². The molecule has 2 rings (SSSR count). The molecule has 116 valence electrons. The van der Waals surface area contributed by atoms with Gasteiger partial charge in [-0.15, -0.1) is 0 Å². The van der Waals surface area contributed by atoms with Crippen molar-refractivity contribution < 1.29 is 9.53 Å². The minimum absolute atomic E-state index is 0.0817. The van der Waals surface area contributed by atoms with Gasteiger partial charge in [0.2, 0.25) is 5.91 Å². The molecule has 1 amide bonds. The van der Waals surface area contributed by atoms with Crippen LogP contribution >= 0.6 is 0 Å². The summed E-state index contributed by atoms with van der Waals surface area (Å²) in [5.41, 5.74) is 9.60. The quantitative estimate of drug-likeness (QED) is 0.863. The number of carbonyl (C=O) groups is 1. The number of nitrogens with zero attached hydrogens (tertiary/aromatic N) is 1. The number of aryl methyl sites for hydroxylation is 2. The van der Waals surface area contributed by atoms with E-state index in [1.807, 2.05) is 49.4 Å². The molecule has 0 unspecified atom stereocenters. The van der Waals surface area contributed by atoms with Crippen LogP contribution in [-0.4, -0.2) is 20.1 Å². The van der Waals surface area contributed by atoms with Crippen LogP contribution in [0.4, 0.5) is 11.4 Å². The van der Waals surface area contributed by atoms with E-state index in [1.54, 1.807) is 19.1 Å². The first-order valence-corrected chi connectivity index (χ1v) is 7.27. The zero-order valence-electron chi connectivity index (χ0n) is 13.3. The van der Waals surface area contributed by atoms with Crippen LogP contribution in [-0.2, 0) is 11.2 Å². The maximum atomic E-state index is 12.3. The first-order valence-electron chi connectivity index (χ1n) is 7.27. The van der Waals surface area contributed by atoms with Crippen molar-refractivity contribution in [3.63, 3.8) is 0 Å². The van der Waals surface area contributed by atoms with E-state index in [2.05, 4.69) is 0 Å². The van der Waals surface area contributed by atoms with E-state index in [1.165, 1.54) is 5.56 Å². The third kappa shape index (κ3) is 3.79. The van der Waals surface area contributed by atoms with E-state index in [0.717, 1.165) is 11.3 Å². The lowest BCUT2D eigenvalue weighted by Crippen LogP contribution is -2.26. The van der Waals surface area contributed by atoms with Crippen molar-refractivity contribution in [1.29, 1.82) is 0 Å². The molecule has 4 heteroatoms. The van der Waals surface area contributed by atoms with Crippen LogP contribution in [0.15, 0.2) is 42.5 Å². The molecule has 0 heterocycles. The third-order valence-corrected chi connectivity index (χ3v) is 3.72. The van der Waals surface area contributed by atoms with Crippen molar-refractivity contribution in [3.05, 3.63) is 53.6 Å². The minimum Gasteiger partial charge on any atom is -0.495 e. The Labute approximate surface area is 131 Å². The molecule has 0 aliphatic heterocycles. The van der Waals surface area contributed by atoms with Crippen LogP contribution in [0.25, 0.3) is 0 Å². The van der Waals surface area contributed by atoms with Gasteiger partial charge in [0, 0.05) is 19.2 Å². The standard InChI is InChI=1S/C18H22N2O2/c1-13-4-8-15(9-5-13)20(2)18(21)11-7-14-6-10-17(22-3)16(19)12-14/h4-6,8-10,12H,7,11,19H2,1-3H3. The summed E-state index contributed by atoms with van der Waals surface area (Å²) in [4.78, 5) is 14.0. The highest BCUT2D eigenvalue weighted by Crippen LogP contribution is 2.23. The van der Waals surface area contributed by atoms with Crippen molar-refractivity contribution in [1.82, 2.24) is 0 Å². The molecule has 0 aliphatic rings. The lowest BCUT2D eigenvalue weighted by Gasteiger charge is -2.17. The highest BCUT2D eigenvalue weighted by atomic mass is 16.5. The lowest BCUT2D eigenvalue weighted by molar-refractivity contribution is -0.118. The van der Waals surface area contributed by atoms with Gasteiger partial charge < -0.3 is 15.4 Å². The number of methoxy groups -OCH3 is 1. The van der Waals surface area contributed by atoms with Gasteiger partial charge in [0.1, 0.15) is 5.75 Å². The van der Waals surface area contributed by atoms with Gasteiger partial charge in [0.15, 0.2) is 0 Å². The van der Waals surface area contributed by atoms with E-state index in [-0.39, 0.29) is 5.91 Å². The number of carbonyl (C=O) groups excluding carboxylic acids is 1. The Hall–Kier alpha value is -2.49. The maximum Gasteiger partial charge on any atom is 0.227 e. The second kappa shape index (κ2) is 6.98. The zero-order valence-corrected chi connectivity index (χ0v) is 13.3. The molecule has 0 saturated heterocycles. The highest BCUT2D eigenvalue weighted by Gasteiger charge is 2.11. The summed E-state index contributed by atoms with van der Waals surface area (Å²) >= 11 is 0. The van der Waals surface area contributed by atoms with Crippen LogP contribution < -0.4 is 15.4 Å². The summed E-state index contributed by atoms with van der Waals surface area (Å²) < 4.78 is 5.13. The molecule has 2 aromatic carbocycles. The number of hydrogen-bond acceptors (Lipinski definition) is 3. The van der Waals surface area contributed by atoms with Gasteiger partial charge in [0.05, 0.1) is 12.8 Å². The number of nitrogens with two attached hydrogens (primary N) is 1. The molecule has 0 bridgehead atoms. The molecular formula is C18H22N2O2.